The highest BCUT2D eigenvalue weighted by Gasteiger charge is 2.48. The quantitative estimate of drug-likeness (QED) is 0.931. The molecule has 6 heteroatoms. The van der Waals surface area contributed by atoms with Crippen LogP contribution in [0.3, 0.4) is 0 Å². The third kappa shape index (κ3) is 2.39. The lowest BCUT2D eigenvalue weighted by Crippen LogP contribution is -2.46. The SMILES string of the molecule is Cc1ccc(C(=O)N2C(C(=O)O)CSC2C2CC2)s1. The monoisotopic (exact) mass is 297 g/mol. The van der Waals surface area contributed by atoms with Gasteiger partial charge < -0.3 is 10.0 Å². The molecule has 2 heterocycles. The van der Waals surface area contributed by atoms with Gasteiger partial charge in [0, 0.05) is 10.6 Å². The van der Waals surface area contributed by atoms with E-state index in [9.17, 15) is 14.7 Å². The van der Waals surface area contributed by atoms with Gasteiger partial charge in [-0.15, -0.1) is 23.1 Å². The highest BCUT2D eigenvalue weighted by molar-refractivity contribution is 8.00. The standard InChI is InChI=1S/C13H15NO3S2/c1-7-2-5-10(19-7)11(15)14-9(13(16)17)6-18-12(14)8-3-4-8/h2,5,8-9,12H,3-4,6H2,1H3,(H,16,17). The fraction of sp³-hybridized carbons (Fsp3) is 0.538. The van der Waals surface area contributed by atoms with Crippen LogP contribution in [-0.2, 0) is 4.79 Å². The van der Waals surface area contributed by atoms with E-state index < -0.39 is 12.0 Å². The Balaban J connectivity index is 1.88. The van der Waals surface area contributed by atoms with E-state index >= 15 is 0 Å². The molecule has 2 fully saturated rings. The van der Waals surface area contributed by atoms with E-state index in [-0.39, 0.29) is 11.3 Å². The fourth-order valence-corrected chi connectivity index (χ4v) is 4.84. The molecule has 1 aliphatic carbocycles. The molecule has 102 valence electrons. The predicted molar refractivity (Wildman–Crippen MR) is 75.6 cm³/mol. The van der Waals surface area contributed by atoms with E-state index in [1.165, 1.54) is 11.3 Å². The number of nitrogens with zero attached hydrogens (tertiary/aromatic N) is 1. The minimum atomic E-state index is -0.891. The molecule has 4 nitrogen and oxygen atoms in total. The lowest BCUT2D eigenvalue weighted by Gasteiger charge is -2.26. The Kier molecular flexibility index (Phi) is 3.30. The first kappa shape index (κ1) is 13.0. The van der Waals surface area contributed by atoms with Crippen LogP contribution in [0, 0.1) is 12.8 Å². The highest BCUT2D eigenvalue weighted by atomic mass is 32.2. The van der Waals surface area contributed by atoms with Crippen molar-refractivity contribution in [1.82, 2.24) is 4.90 Å². The lowest BCUT2D eigenvalue weighted by molar-refractivity contribution is -0.141. The van der Waals surface area contributed by atoms with Crippen molar-refractivity contribution in [2.75, 3.05) is 5.75 Å². The number of carboxylic acids is 1. The number of carbonyl (C=O) groups excluding carboxylic acids is 1. The Bertz CT molecular complexity index is 524. The summed E-state index contributed by atoms with van der Waals surface area (Å²) >= 11 is 3.05. The topological polar surface area (TPSA) is 57.6 Å². The van der Waals surface area contributed by atoms with Crippen LogP contribution in [0.1, 0.15) is 27.4 Å². The van der Waals surface area contributed by atoms with Gasteiger partial charge in [0.25, 0.3) is 5.91 Å². The van der Waals surface area contributed by atoms with E-state index in [4.69, 9.17) is 0 Å². The number of aliphatic carboxylic acids is 1. The van der Waals surface area contributed by atoms with Crippen molar-refractivity contribution in [2.24, 2.45) is 5.92 Å². The van der Waals surface area contributed by atoms with E-state index in [1.54, 1.807) is 22.7 Å². The molecule has 19 heavy (non-hydrogen) atoms. The van der Waals surface area contributed by atoms with Crippen LogP contribution >= 0.6 is 23.1 Å². The van der Waals surface area contributed by atoms with Crippen molar-refractivity contribution in [3.8, 4) is 0 Å². The minimum Gasteiger partial charge on any atom is -0.480 e. The number of thiophene rings is 1. The van der Waals surface area contributed by atoms with Crippen LogP contribution < -0.4 is 0 Å². The summed E-state index contributed by atoms with van der Waals surface area (Å²) < 4.78 is 0. The largest absolute Gasteiger partial charge is 0.480 e. The van der Waals surface area contributed by atoms with Crippen molar-refractivity contribution >= 4 is 35.0 Å². The summed E-state index contributed by atoms with van der Waals surface area (Å²) in [6, 6.07) is 3.03. The summed E-state index contributed by atoms with van der Waals surface area (Å²) in [5, 5.41) is 9.35. The summed E-state index contributed by atoms with van der Waals surface area (Å²) in [6.07, 6.45) is 2.22. The van der Waals surface area contributed by atoms with Crippen molar-refractivity contribution in [3.05, 3.63) is 21.9 Å². The smallest absolute Gasteiger partial charge is 0.327 e. The Morgan fingerprint density at radius 2 is 2.11 bits per heavy atom. The number of thioether (sulfide) groups is 1. The molecule has 0 radical (unpaired) electrons. The number of carboxylic acid groups (broad SMARTS) is 1. The maximum Gasteiger partial charge on any atom is 0.327 e. The molecule has 0 aromatic carbocycles. The molecule has 1 aliphatic heterocycles. The summed E-state index contributed by atoms with van der Waals surface area (Å²) in [5.74, 6) is -0.0175. The van der Waals surface area contributed by atoms with Crippen LogP contribution in [0.2, 0.25) is 0 Å². The maximum absolute atomic E-state index is 12.6. The van der Waals surface area contributed by atoms with Gasteiger partial charge >= 0.3 is 5.97 Å². The minimum absolute atomic E-state index is 0.0519. The maximum atomic E-state index is 12.6. The first-order valence-corrected chi connectivity index (χ1v) is 8.18. The Morgan fingerprint density at radius 1 is 1.37 bits per heavy atom. The lowest BCUT2D eigenvalue weighted by atomic mass is 10.2. The fourth-order valence-electron chi connectivity index (χ4n) is 2.40. The summed E-state index contributed by atoms with van der Waals surface area (Å²) in [7, 11) is 0. The molecule has 1 aromatic rings. The van der Waals surface area contributed by atoms with Crippen LogP contribution in [-0.4, -0.2) is 39.1 Å². The van der Waals surface area contributed by atoms with Crippen molar-refractivity contribution in [2.45, 2.75) is 31.2 Å². The van der Waals surface area contributed by atoms with Gasteiger partial charge in [0.1, 0.15) is 6.04 Å². The molecular weight excluding hydrogens is 282 g/mol. The van der Waals surface area contributed by atoms with Crippen molar-refractivity contribution < 1.29 is 14.7 Å². The third-order valence-electron chi connectivity index (χ3n) is 3.53. The molecule has 1 N–H and O–H groups in total. The Labute approximate surface area is 119 Å². The Morgan fingerprint density at radius 3 is 2.63 bits per heavy atom. The molecule has 2 unspecified atom stereocenters. The summed E-state index contributed by atoms with van der Waals surface area (Å²) in [5.41, 5.74) is 0. The van der Waals surface area contributed by atoms with Crippen LogP contribution in [0.15, 0.2) is 12.1 Å². The van der Waals surface area contributed by atoms with Gasteiger partial charge in [0.05, 0.1) is 10.3 Å². The Hall–Kier alpha value is -1.01. The molecule has 0 bridgehead atoms. The number of rotatable bonds is 3. The number of carbonyl (C=O) groups is 2. The van der Waals surface area contributed by atoms with E-state index in [0.717, 1.165) is 17.7 Å². The van der Waals surface area contributed by atoms with E-state index in [0.29, 0.717) is 16.5 Å². The molecule has 0 spiro atoms. The number of hydrogen-bond acceptors (Lipinski definition) is 4. The van der Waals surface area contributed by atoms with Crippen LogP contribution in [0.5, 0.6) is 0 Å². The normalized spacial score (nSPS) is 26.7. The second kappa shape index (κ2) is 4.83. The molecule has 1 aromatic heterocycles. The van der Waals surface area contributed by atoms with Gasteiger partial charge in [0.15, 0.2) is 0 Å². The molecule has 2 atom stereocenters. The molecule has 2 aliphatic rings. The van der Waals surface area contributed by atoms with Gasteiger partial charge in [-0.1, -0.05) is 0 Å². The number of hydrogen-bond donors (Lipinski definition) is 1. The first-order valence-electron chi connectivity index (χ1n) is 6.31. The second-order valence-electron chi connectivity index (χ2n) is 5.04. The first-order chi connectivity index (χ1) is 9.08. The highest BCUT2D eigenvalue weighted by Crippen LogP contribution is 2.46. The summed E-state index contributed by atoms with van der Waals surface area (Å²) in [6.45, 7) is 1.95. The van der Waals surface area contributed by atoms with Gasteiger partial charge in [-0.3, -0.25) is 4.79 Å². The second-order valence-corrected chi connectivity index (χ2v) is 7.48. The van der Waals surface area contributed by atoms with Gasteiger partial charge in [-0.25, -0.2) is 4.79 Å². The van der Waals surface area contributed by atoms with Crippen molar-refractivity contribution in [3.63, 3.8) is 0 Å². The zero-order valence-electron chi connectivity index (χ0n) is 10.5. The third-order valence-corrected chi connectivity index (χ3v) is 5.98. The van der Waals surface area contributed by atoms with Gasteiger partial charge in [-0.05, 0) is 37.8 Å². The average molecular weight is 297 g/mol. The van der Waals surface area contributed by atoms with Gasteiger partial charge in [-0.2, -0.15) is 0 Å². The van der Waals surface area contributed by atoms with Gasteiger partial charge in [0.2, 0.25) is 0 Å². The molecule has 1 saturated carbocycles. The van der Waals surface area contributed by atoms with Crippen LogP contribution in [0.25, 0.3) is 0 Å². The zero-order chi connectivity index (χ0) is 13.6. The van der Waals surface area contributed by atoms with Crippen LogP contribution in [0.4, 0.5) is 0 Å². The molecular formula is C13H15NO3S2. The molecule has 1 saturated heterocycles. The number of aryl methyl sites for hydroxylation is 1. The van der Waals surface area contributed by atoms with Crippen molar-refractivity contribution in [1.29, 1.82) is 0 Å². The van der Waals surface area contributed by atoms with E-state index in [2.05, 4.69) is 0 Å². The zero-order valence-corrected chi connectivity index (χ0v) is 12.2. The van der Waals surface area contributed by atoms with E-state index in [1.807, 2.05) is 13.0 Å². The summed E-state index contributed by atoms with van der Waals surface area (Å²) in [4.78, 5) is 27.2. The number of amides is 1. The molecule has 3 rings (SSSR count). The average Bonchev–Trinajstić information content (AvgIpc) is 2.96. The molecule has 1 amide bonds. The predicted octanol–water partition coefficient (Wildman–Crippen LogP) is 2.43.